The van der Waals surface area contributed by atoms with Gasteiger partial charge in [-0.25, -0.2) is 14.3 Å². The van der Waals surface area contributed by atoms with Crippen molar-refractivity contribution in [3.05, 3.63) is 113 Å². The predicted molar refractivity (Wildman–Crippen MR) is 147 cm³/mol. The second-order valence-corrected chi connectivity index (χ2v) is 10.3. The van der Waals surface area contributed by atoms with Crippen molar-refractivity contribution in [2.75, 3.05) is 26.2 Å². The monoisotopic (exact) mass is 532 g/mol. The highest BCUT2D eigenvalue weighted by Gasteiger charge is 2.19. The van der Waals surface area contributed by atoms with Gasteiger partial charge in [-0.2, -0.15) is 5.11 Å². The first kappa shape index (κ1) is 26.1. The molecule has 5 rings (SSSR count). The fourth-order valence-electron chi connectivity index (χ4n) is 4.91. The van der Waals surface area contributed by atoms with Gasteiger partial charge in [-0.3, -0.25) is 0 Å². The van der Waals surface area contributed by atoms with Crippen LogP contribution < -0.4 is 9.46 Å². The molecule has 196 valence electrons. The van der Waals surface area contributed by atoms with E-state index in [9.17, 15) is 8.78 Å². The summed E-state index contributed by atoms with van der Waals surface area (Å²) in [5.41, 5.74) is 13.7. The second-order valence-electron chi connectivity index (χ2n) is 9.42. The molecule has 0 atom stereocenters. The van der Waals surface area contributed by atoms with Crippen LogP contribution in [0.5, 0.6) is 5.75 Å². The average molecular weight is 533 g/mol. The summed E-state index contributed by atoms with van der Waals surface area (Å²) in [5, 5.41) is 3.71. The number of rotatable bonds is 9. The van der Waals surface area contributed by atoms with E-state index in [1.165, 1.54) is 47.3 Å². The van der Waals surface area contributed by atoms with Crippen molar-refractivity contribution < 1.29 is 13.5 Å². The molecule has 1 fully saturated rings. The number of fused-ring (bicyclic) bond motifs is 1. The van der Waals surface area contributed by atoms with Crippen LogP contribution in [-0.2, 0) is 6.42 Å². The highest BCUT2D eigenvalue weighted by Crippen LogP contribution is 2.33. The van der Waals surface area contributed by atoms with Gasteiger partial charge in [0.25, 0.3) is 0 Å². The molecule has 0 unspecified atom stereocenters. The summed E-state index contributed by atoms with van der Waals surface area (Å²) in [5.74, 6) is 0.404. The molecule has 0 amide bonds. The Hall–Kier alpha value is -3.49. The van der Waals surface area contributed by atoms with Crippen LogP contribution >= 0.6 is 11.9 Å². The van der Waals surface area contributed by atoms with Crippen molar-refractivity contribution in [2.24, 2.45) is 5.11 Å². The van der Waals surface area contributed by atoms with Gasteiger partial charge in [0.1, 0.15) is 17.4 Å². The molecule has 8 heteroatoms. The largest absolute Gasteiger partial charge is 0.493 e. The summed E-state index contributed by atoms with van der Waals surface area (Å²) < 4.78 is 36.0. The summed E-state index contributed by atoms with van der Waals surface area (Å²) >= 11 is 1.48. The molecule has 0 radical (unpaired) electrons. The summed E-state index contributed by atoms with van der Waals surface area (Å²) in [6, 6.07) is 19.3. The molecule has 3 aromatic carbocycles. The molecule has 0 spiro atoms. The molecule has 0 aliphatic carbocycles. The van der Waals surface area contributed by atoms with Crippen molar-refractivity contribution in [2.45, 2.75) is 30.6 Å². The van der Waals surface area contributed by atoms with Crippen LogP contribution in [0.25, 0.3) is 5.57 Å². The van der Waals surface area contributed by atoms with Gasteiger partial charge in [0.15, 0.2) is 0 Å². The van der Waals surface area contributed by atoms with E-state index in [0.29, 0.717) is 12.1 Å². The number of ether oxygens (including phenoxy) is 1. The molecule has 0 saturated carbocycles. The summed E-state index contributed by atoms with van der Waals surface area (Å²) in [6.07, 6.45) is 5.17. The Balaban J connectivity index is 1.18. The maximum Gasteiger partial charge on any atom is 0.123 e. The number of nitrogens with zero attached hydrogens (tertiary/aromatic N) is 2. The topological polar surface area (TPSA) is 60.7 Å². The average Bonchev–Trinajstić information content (AvgIpc) is 3.42. The molecule has 2 aliphatic rings. The van der Waals surface area contributed by atoms with Gasteiger partial charge >= 0.3 is 0 Å². The van der Waals surface area contributed by atoms with E-state index in [2.05, 4.69) is 26.9 Å². The number of hydrogen-bond donors (Lipinski definition) is 2. The third-order valence-electron chi connectivity index (χ3n) is 6.98. The second kappa shape index (κ2) is 12.4. The number of likely N-dealkylation sites (tertiary alicyclic amines) is 1. The Labute approximate surface area is 226 Å². The Morgan fingerprint density at radius 3 is 2.24 bits per heavy atom. The predicted octanol–water partition coefficient (Wildman–Crippen LogP) is 7.36. The zero-order valence-electron chi connectivity index (χ0n) is 21.1. The van der Waals surface area contributed by atoms with Crippen LogP contribution in [0.4, 0.5) is 8.78 Å². The highest BCUT2D eigenvalue weighted by atomic mass is 32.2. The van der Waals surface area contributed by atoms with Gasteiger partial charge in [0.05, 0.1) is 12.3 Å². The van der Waals surface area contributed by atoms with Gasteiger partial charge in [-0.15, -0.1) is 0 Å². The Morgan fingerprint density at radius 2 is 1.61 bits per heavy atom. The number of benzene rings is 3. The molecular formula is C30H30F2N4OS. The SMILES string of the molecule is N=N/C(=C\NSc1ccc2c(c1)OCC2)CCN1CCC(=C(c2ccc(F)cc2)c2ccc(F)cc2)CC1. The number of halogens is 2. The van der Waals surface area contributed by atoms with Crippen LogP contribution in [0, 0.1) is 17.2 Å². The minimum Gasteiger partial charge on any atom is -0.493 e. The summed E-state index contributed by atoms with van der Waals surface area (Å²) in [4.78, 5) is 3.43. The van der Waals surface area contributed by atoms with Crippen LogP contribution in [0.3, 0.4) is 0 Å². The molecule has 5 nitrogen and oxygen atoms in total. The smallest absolute Gasteiger partial charge is 0.123 e. The van der Waals surface area contributed by atoms with E-state index >= 15 is 0 Å². The first-order valence-corrected chi connectivity index (χ1v) is 13.6. The Kier molecular flexibility index (Phi) is 8.51. The third-order valence-corrected chi connectivity index (χ3v) is 7.70. The minimum atomic E-state index is -0.273. The molecule has 38 heavy (non-hydrogen) atoms. The van der Waals surface area contributed by atoms with Crippen molar-refractivity contribution in [1.29, 1.82) is 5.53 Å². The summed E-state index contributed by atoms with van der Waals surface area (Å²) in [6.45, 7) is 3.31. The molecule has 2 aliphatic heterocycles. The standard InChI is InChI=1S/C30H30F2N4OS/c31-25-6-1-22(2-7-25)30(23-3-8-26(32)9-4-23)24-11-15-36(16-12-24)17-13-27(35-33)20-34-38-28-10-5-21-14-18-37-29(21)19-28/h1-10,19-20,33-34H,11-18H2/b27-20-,35-33?. The van der Waals surface area contributed by atoms with E-state index in [0.717, 1.165) is 72.8 Å². The lowest BCUT2D eigenvalue weighted by molar-refractivity contribution is 0.259. The first-order chi connectivity index (χ1) is 18.6. The van der Waals surface area contributed by atoms with Gasteiger partial charge in [-0.05, 0) is 83.5 Å². The molecule has 0 bridgehead atoms. The lowest BCUT2D eigenvalue weighted by Gasteiger charge is -2.30. The molecule has 1 saturated heterocycles. The zero-order valence-corrected chi connectivity index (χ0v) is 21.9. The van der Waals surface area contributed by atoms with Crippen LogP contribution in [0.15, 0.2) is 94.2 Å². The van der Waals surface area contributed by atoms with Crippen molar-refractivity contribution in [3.63, 3.8) is 0 Å². The van der Waals surface area contributed by atoms with Gasteiger partial charge in [0.2, 0.25) is 0 Å². The lowest BCUT2D eigenvalue weighted by Crippen LogP contribution is -2.32. The third kappa shape index (κ3) is 6.49. The number of piperidine rings is 1. The van der Waals surface area contributed by atoms with Crippen molar-refractivity contribution >= 4 is 17.5 Å². The van der Waals surface area contributed by atoms with Gasteiger partial charge < -0.3 is 14.4 Å². The Morgan fingerprint density at radius 1 is 0.947 bits per heavy atom. The normalized spacial score (nSPS) is 15.6. The van der Waals surface area contributed by atoms with Gasteiger partial charge in [0, 0.05) is 43.6 Å². The quantitative estimate of drug-likeness (QED) is 0.223. The van der Waals surface area contributed by atoms with E-state index in [4.69, 9.17) is 10.3 Å². The maximum atomic E-state index is 13.6. The molecule has 2 N–H and O–H groups in total. The first-order valence-electron chi connectivity index (χ1n) is 12.8. The van der Waals surface area contributed by atoms with Crippen LogP contribution in [0.2, 0.25) is 0 Å². The highest BCUT2D eigenvalue weighted by molar-refractivity contribution is 7.97. The molecule has 2 heterocycles. The molecule has 3 aromatic rings. The number of hydrogen-bond acceptors (Lipinski definition) is 6. The number of nitrogens with one attached hydrogen (secondary N) is 2. The van der Waals surface area contributed by atoms with E-state index in [1.807, 2.05) is 6.07 Å². The fourth-order valence-corrected chi connectivity index (χ4v) is 5.55. The zero-order chi connectivity index (χ0) is 26.3. The van der Waals surface area contributed by atoms with Crippen LogP contribution in [0.1, 0.15) is 36.0 Å². The van der Waals surface area contributed by atoms with Crippen molar-refractivity contribution in [1.82, 2.24) is 9.62 Å². The lowest BCUT2D eigenvalue weighted by atomic mass is 9.88. The summed E-state index contributed by atoms with van der Waals surface area (Å²) in [7, 11) is 0. The molecule has 0 aromatic heterocycles. The van der Waals surface area contributed by atoms with Crippen molar-refractivity contribution in [3.8, 4) is 5.75 Å². The van der Waals surface area contributed by atoms with E-state index in [1.54, 1.807) is 30.5 Å². The Bertz CT molecular complexity index is 1280. The maximum absolute atomic E-state index is 13.6. The van der Waals surface area contributed by atoms with Crippen LogP contribution in [-0.4, -0.2) is 31.1 Å². The molecular weight excluding hydrogens is 502 g/mol. The van der Waals surface area contributed by atoms with E-state index < -0.39 is 0 Å². The fraction of sp³-hybridized carbons (Fsp3) is 0.267. The van der Waals surface area contributed by atoms with E-state index in [-0.39, 0.29) is 11.6 Å². The van der Waals surface area contributed by atoms with Gasteiger partial charge in [-0.1, -0.05) is 35.9 Å². The minimum absolute atomic E-state index is 0.273.